The average molecular weight is 403 g/mol. The molecule has 3 nitrogen and oxygen atoms in total. The Morgan fingerprint density at radius 1 is 1.15 bits per heavy atom. The maximum atomic E-state index is 12.3. The standard InChI is InChI=1S/C22H24Cl2N2O/c1-15(2)11-13-26-21-5-3-4-20(17(21)7-9-22(26)27)25-12-10-16-6-8-18(23)19(24)14-16/h6-9,11,14H,3-5,10,12-13H2,1-2H3. The molecule has 0 fully saturated rings. The first-order chi connectivity index (χ1) is 13.0. The number of aromatic nitrogens is 1. The SMILES string of the molecule is CC(C)=CCn1c2c(ccc1=O)C(=NCCc1ccc(Cl)c(Cl)c1)CCC2. The van der Waals surface area contributed by atoms with Gasteiger partial charge in [-0.05, 0) is 63.3 Å². The van der Waals surface area contributed by atoms with Crippen molar-refractivity contribution in [1.82, 2.24) is 4.57 Å². The second kappa shape index (κ2) is 8.90. The van der Waals surface area contributed by atoms with Gasteiger partial charge in [-0.1, -0.05) is 40.9 Å². The molecule has 3 rings (SSSR count). The minimum atomic E-state index is 0.0586. The molecule has 1 aliphatic rings. The maximum Gasteiger partial charge on any atom is 0.251 e. The number of nitrogens with zero attached hydrogens (tertiary/aromatic N) is 2. The number of hydrogen-bond donors (Lipinski definition) is 0. The lowest BCUT2D eigenvalue weighted by atomic mass is 9.93. The Bertz CT molecular complexity index is 953. The van der Waals surface area contributed by atoms with E-state index in [1.54, 1.807) is 6.07 Å². The molecule has 0 aliphatic heterocycles. The molecular weight excluding hydrogens is 379 g/mol. The molecule has 0 unspecified atom stereocenters. The third-order valence-corrected chi connectivity index (χ3v) is 5.54. The van der Waals surface area contributed by atoms with Gasteiger partial charge in [0.25, 0.3) is 5.56 Å². The summed E-state index contributed by atoms with van der Waals surface area (Å²) >= 11 is 12.1. The van der Waals surface area contributed by atoms with E-state index in [9.17, 15) is 4.79 Å². The summed E-state index contributed by atoms with van der Waals surface area (Å²) in [4.78, 5) is 17.2. The predicted molar refractivity (Wildman–Crippen MR) is 115 cm³/mol. The highest BCUT2D eigenvalue weighted by atomic mass is 35.5. The first-order valence-electron chi connectivity index (χ1n) is 9.29. The topological polar surface area (TPSA) is 34.4 Å². The third kappa shape index (κ3) is 4.91. The van der Waals surface area contributed by atoms with Crippen LogP contribution in [0.15, 0.2) is 51.8 Å². The van der Waals surface area contributed by atoms with Crippen LogP contribution in [0, 0.1) is 0 Å². The van der Waals surface area contributed by atoms with Gasteiger partial charge in [-0.15, -0.1) is 0 Å². The Kier molecular flexibility index (Phi) is 6.56. The fourth-order valence-electron chi connectivity index (χ4n) is 3.36. The fourth-order valence-corrected chi connectivity index (χ4v) is 3.68. The first-order valence-corrected chi connectivity index (χ1v) is 10.0. The summed E-state index contributed by atoms with van der Waals surface area (Å²) in [5.74, 6) is 0. The van der Waals surface area contributed by atoms with Crippen molar-refractivity contribution < 1.29 is 0 Å². The van der Waals surface area contributed by atoms with Crippen molar-refractivity contribution in [2.45, 2.75) is 46.1 Å². The van der Waals surface area contributed by atoms with E-state index in [0.29, 0.717) is 23.1 Å². The quantitative estimate of drug-likeness (QED) is 0.608. The smallest absolute Gasteiger partial charge is 0.251 e. The van der Waals surface area contributed by atoms with Gasteiger partial charge in [0.2, 0.25) is 0 Å². The zero-order chi connectivity index (χ0) is 19.4. The summed E-state index contributed by atoms with van der Waals surface area (Å²) in [5, 5.41) is 1.15. The predicted octanol–water partition coefficient (Wildman–Crippen LogP) is 5.49. The Morgan fingerprint density at radius 2 is 1.96 bits per heavy atom. The van der Waals surface area contributed by atoms with Crippen LogP contribution in [0.5, 0.6) is 0 Å². The zero-order valence-corrected chi connectivity index (χ0v) is 17.3. The van der Waals surface area contributed by atoms with Crippen molar-refractivity contribution in [2.75, 3.05) is 6.54 Å². The highest BCUT2D eigenvalue weighted by Gasteiger charge is 2.18. The molecule has 142 valence electrons. The number of fused-ring (bicyclic) bond motifs is 1. The van der Waals surface area contributed by atoms with Crippen LogP contribution in [0.25, 0.3) is 0 Å². The lowest BCUT2D eigenvalue weighted by Gasteiger charge is -2.22. The van der Waals surface area contributed by atoms with Gasteiger partial charge < -0.3 is 4.57 Å². The van der Waals surface area contributed by atoms with Gasteiger partial charge in [0.1, 0.15) is 0 Å². The van der Waals surface area contributed by atoms with Crippen molar-refractivity contribution >= 4 is 28.9 Å². The number of aliphatic imine (C=N–C) groups is 1. The van der Waals surface area contributed by atoms with Crippen molar-refractivity contribution in [2.24, 2.45) is 4.99 Å². The molecule has 0 amide bonds. The molecule has 0 saturated heterocycles. The summed E-state index contributed by atoms with van der Waals surface area (Å²) in [6.45, 7) is 5.42. The number of halogens is 2. The lowest BCUT2D eigenvalue weighted by Crippen LogP contribution is -2.28. The minimum absolute atomic E-state index is 0.0586. The van der Waals surface area contributed by atoms with Gasteiger partial charge in [0.05, 0.1) is 10.0 Å². The number of pyridine rings is 1. The molecule has 0 radical (unpaired) electrons. The van der Waals surface area contributed by atoms with E-state index in [1.807, 2.05) is 28.8 Å². The maximum absolute atomic E-state index is 12.3. The fraction of sp³-hybridized carbons (Fsp3) is 0.364. The summed E-state index contributed by atoms with van der Waals surface area (Å²) in [6, 6.07) is 9.31. The first kappa shape index (κ1) is 19.9. The molecule has 2 aromatic rings. The molecule has 0 spiro atoms. The van der Waals surface area contributed by atoms with E-state index in [-0.39, 0.29) is 5.56 Å². The van der Waals surface area contributed by atoms with Crippen LogP contribution in [-0.4, -0.2) is 16.8 Å². The molecule has 1 aromatic heterocycles. The van der Waals surface area contributed by atoms with Crippen LogP contribution < -0.4 is 5.56 Å². The van der Waals surface area contributed by atoms with Crippen molar-refractivity contribution in [3.8, 4) is 0 Å². The molecule has 0 atom stereocenters. The molecule has 1 aliphatic carbocycles. The van der Waals surface area contributed by atoms with E-state index in [4.69, 9.17) is 28.2 Å². The highest BCUT2D eigenvalue weighted by Crippen LogP contribution is 2.24. The van der Waals surface area contributed by atoms with Gasteiger partial charge >= 0.3 is 0 Å². The lowest BCUT2D eigenvalue weighted by molar-refractivity contribution is 0.673. The van der Waals surface area contributed by atoms with Crippen LogP contribution in [0.1, 0.15) is 43.5 Å². The molecule has 5 heteroatoms. The monoisotopic (exact) mass is 402 g/mol. The van der Waals surface area contributed by atoms with E-state index in [1.165, 1.54) is 5.57 Å². The second-order valence-corrected chi connectivity index (χ2v) is 7.92. The number of allylic oxidation sites excluding steroid dienone is 2. The molecule has 0 saturated carbocycles. The number of rotatable bonds is 5. The summed E-state index contributed by atoms with van der Waals surface area (Å²) < 4.78 is 1.88. The van der Waals surface area contributed by atoms with Crippen molar-refractivity contribution in [3.05, 3.63) is 79.2 Å². The third-order valence-electron chi connectivity index (χ3n) is 4.80. The van der Waals surface area contributed by atoms with Crippen LogP contribution in [-0.2, 0) is 19.4 Å². The highest BCUT2D eigenvalue weighted by molar-refractivity contribution is 6.42. The Labute approximate surface area is 170 Å². The molecule has 0 bridgehead atoms. The normalized spacial score (nSPS) is 14.9. The van der Waals surface area contributed by atoms with E-state index in [0.717, 1.165) is 48.2 Å². The van der Waals surface area contributed by atoms with Crippen LogP contribution >= 0.6 is 23.2 Å². The van der Waals surface area contributed by atoms with Gasteiger partial charge in [-0.2, -0.15) is 0 Å². The molecule has 1 heterocycles. The second-order valence-electron chi connectivity index (χ2n) is 7.10. The zero-order valence-electron chi connectivity index (χ0n) is 15.8. The van der Waals surface area contributed by atoms with Gasteiger partial charge in [0, 0.05) is 36.1 Å². The van der Waals surface area contributed by atoms with E-state index in [2.05, 4.69) is 19.9 Å². The minimum Gasteiger partial charge on any atom is -0.308 e. The number of hydrogen-bond acceptors (Lipinski definition) is 2. The molecule has 27 heavy (non-hydrogen) atoms. The van der Waals surface area contributed by atoms with Crippen LogP contribution in [0.4, 0.5) is 0 Å². The largest absolute Gasteiger partial charge is 0.308 e. The van der Waals surface area contributed by atoms with Crippen LogP contribution in [0.3, 0.4) is 0 Å². The van der Waals surface area contributed by atoms with Crippen molar-refractivity contribution in [3.63, 3.8) is 0 Å². The summed E-state index contributed by atoms with van der Waals surface area (Å²) in [5.41, 5.74) is 5.73. The number of benzene rings is 1. The molecular formula is C22H24Cl2N2O. The summed E-state index contributed by atoms with van der Waals surface area (Å²) in [7, 11) is 0. The average Bonchev–Trinajstić information content (AvgIpc) is 2.63. The summed E-state index contributed by atoms with van der Waals surface area (Å²) in [6.07, 6.45) is 5.81. The van der Waals surface area contributed by atoms with Gasteiger partial charge in [-0.25, -0.2) is 0 Å². The van der Waals surface area contributed by atoms with Crippen LogP contribution in [0.2, 0.25) is 10.0 Å². The molecule has 0 N–H and O–H groups in total. The Hall–Kier alpha value is -1.84. The van der Waals surface area contributed by atoms with E-state index < -0.39 is 0 Å². The van der Waals surface area contributed by atoms with Gasteiger partial charge in [-0.3, -0.25) is 9.79 Å². The Balaban J connectivity index is 1.82. The van der Waals surface area contributed by atoms with E-state index >= 15 is 0 Å². The molecule has 1 aromatic carbocycles. The van der Waals surface area contributed by atoms with Crippen molar-refractivity contribution in [1.29, 1.82) is 0 Å². The van der Waals surface area contributed by atoms with Gasteiger partial charge in [0.15, 0.2) is 0 Å². The Morgan fingerprint density at radius 3 is 2.70 bits per heavy atom.